The van der Waals surface area contributed by atoms with E-state index in [0.717, 1.165) is 22.5 Å². The normalized spacial score (nSPS) is 11.0. The molecule has 0 atom stereocenters. The van der Waals surface area contributed by atoms with Gasteiger partial charge in [0.25, 0.3) is 5.56 Å². The van der Waals surface area contributed by atoms with Gasteiger partial charge in [-0.3, -0.25) is 19.0 Å². The molecule has 8 heteroatoms. The van der Waals surface area contributed by atoms with E-state index >= 15 is 0 Å². The van der Waals surface area contributed by atoms with Crippen LogP contribution in [0.3, 0.4) is 0 Å². The molecule has 25 heavy (non-hydrogen) atoms. The minimum atomic E-state index is -0.207. The summed E-state index contributed by atoms with van der Waals surface area (Å²) >= 11 is 1.28. The molecule has 2 aromatic heterocycles. The van der Waals surface area contributed by atoms with E-state index in [4.69, 9.17) is 0 Å². The lowest BCUT2D eigenvalue weighted by Gasteiger charge is -2.10. The lowest BCUT2D eigenvalue weighted by Crippen LogP contribution is -2.16. The summed E-state index contributed by atoms with van der Waals surface area (Å²) in [4.78, 5) is 26.5. The van der Waals surface area contributed by atoms with Crippen LogP contribution in [0.1, 0.15) is 23.7 Å². The zero-order chi connectivity index (χ0) is 18.0. The first-order valence-corrected chi connectivity index (χ1v) is 8.94. The minimum absolute atomic E-state index is 0.113. The van der Waals surface area contributed by atoms with Crippen LogP contribution in [0.4, 0.5) is 5.69 Å². The number of fused-ring (bicyclic) bond motifs is 1. The lowest BCUT2D eigenvalue weighted by molar-refractivity contribution is -0.113. The SMILES string of the molecule is CCc1cc(=O)[nH]c2nnc(SCC(=O)Nc3cccc(C)c3C)n12. The molecule has 0 aliphatic heterocycles. The molecule has 0 unspecified atom stereocenters. The van der Waals surface area contributed by atoms with Gasteiger partial charge in [-0.15, -0.1) is 10.2 Å². The average Bonchev–Trinajstić information content (AvgIpc) is 2.99. The van der Waals surface area contributed by atoms with Gasteiger partial charge >= 0.3 is 0 Å². The number of carbonyl (C=O) groups is 1. The molecule has 7 nitrogen and oxygen atoms in total. The van der Waals surface area contributed by atoms with Crippen molar-refractivity contribution in [3.63, 3.8) is 0 Å². The minimum Gasteiger partial charge on any atom is -0.325 e. The number of anilines is 1. The van der Waals surface area contributed by atoms with Crippen molar-refractivity contribution >= 4 is 29.1 Å². The molecule has 0 saturated heterocycles. The van der Waals surface area contributed by atoms with E-state index in [1.165, 1.54) is 17.8 Å². The van der Waals surface area contributed by atoms with Crippen molar-refractivity contribution in [2.45, 2.75) is 32.3 Å². The number of hydrogen-bond donors (Lipinski definition) is 2. The van der Waals surface area contributed by atoms with Gasteiger partial charge in [-0.2, -0.15) is 0 Å². The maximum Gasteiger partial charge on any atom is 0.252 e. The number of hydrogen-bond acceptors (Lipinski definition) is 5. The molecule has 0 fully saturated rings. The molecule has 0 aliphatic carbocycles. The standard InChI is InChI=1S/C17H19N5O2S/c1-4-12-8-14(23)19-16-20-21-17(22(12)16)25-9-15(24)18-13-7-5-6-10(2)11(13)3/h5-8H,4,9H2,1-3H3,(H,18,24)(H,19,20,23). The largest absolute Gasteiger partial charge is 0.325 e. The Morgan fingerprint density at radius 3 is 2.88 bits per heavy atom. The Bertz CT molecular complexity index is 992. The first kappa shape index (κ1) is 17.2. The van der Waals surface area contributed by atoms with Gasteiger partial charge in [-0.1, -0.05) is 30.8 Å². The number of carbonyl (C=O) groups excluding carboxylic acids is 1. The smallest absolute Gasteiger partial charge is 0.252 e. The number of amides is 1. The Kier molecular flexibility index (Phi) is 4.89. The van der Waals surface area contributed by atoms with Crippen LogP contribution in [0.25, 0.3) is 5.78 Å². The third kappa shape index (κ3) is 3.58. The van der Waals surface area contributed by atoms with Crippen molar-refractivity contribution < 1.29 is 4.79 Å². The van der Waals surface area contributed by atoms with E-state index in [-0.39, 0.29) is 17.2 Å². The number of H-pyrrole nitrogens is 1. The third-order valence-corrected chi connectivity index (χ3v) is 4.96. The number of nitrogens with one attached hydrogen (secondary N) is 2. The van der Waals surface area contributed by atoms with Crippen LogP contribution in [-0.4, -0.2) is 31.2 Å². The van der Waals surface area contributed by atoms with Gasteiger partial charge in [0.1, 0.15) is 0 Å². The van der Waals surface area contributed by atoms with E-state index in [9.17, 15) is 9.59 Å². The molecule has 1 aromatic carbocycles. The van der Waals surface area contributed by atoms with Crippen molar-refractivity contribution in [1.29, 1.82) is 0 Å². The van der Waals surface area contributed by atoms with E-state index < -0.39 is 0 Å². The molecule has 0 radical (unpaired) electrons. The zero-order valence-electron chi connectivity index (χ0n) is 14.3. The predicted molar refractivity (Wildman–Crippen MR) is 98.3 cm³/mol. The molecule has 0 spiro atoms. The molecular formula is C17H19N5O2S. The summed E-state index contributed by atoms with van der Waals surface area (Å²) in [6.45, 7) is 5.94. The van der Waals surface area contributed by atoms with Gasteiger partial charge in [-0.25, -0.2) is 0 Å². The Hall–Kier alpha value is -2.61. The van der Waals surface area contributed by atoms with Crippen molar-refractivity contribution in [2.75, 3.05) is 11.1 Å². The van der Waals surface area contributed by atoms with Gasteiger partial charge < -0.3 is 5.32 Å². The Morgan fingerprint density at radius 2 is 2.12 bits per heavy atom. The van der Waals surface area contributed by atoms with Crippen LogP contribution >= 0.6 is 11.8 Å². The van der Waals surface area contributed by atoms with E-state index in [1.54, 1.807) is 4.40 Å². The lowest BCUT2D eigenvalue weighted by atomic mass is 10.1. The molecule has 2 heterocycles. The van der Waals surface area contributed by atoms with E-state index in [1.807, 2.05) is 39.0 Å². The first-order chi connectivity index (χ1) is 12.0. The van der Waals surface area contributed by atoms with Crippen LogP contribution in [0.15, 0.2) is 34.2 Å². The topological polar surface area (TPSA) is 92.2 Å². The van der Waals surface area contributed by atoms with Crippen LogP contribution in [0.5, 0.6) is 0 Å². The summed E-state index contributed by atoms with van der Waals surface area (Å²) in [6, 6.07) is 7.34. The van der Waals surface area contributed by atoms with E-state index in [2.05, 4.69) is 20.5 Å². The maximum absolute atomic E-state index is 12.3. The van der Waals surface area contributed by atoms with Crippen molar-refractivity contribution in [2.24, 2.45) is 0 Å². The second kappa shape index (κ2) is 7.10. The van der Waals surface area contributed by atoms with Crippen molar-refractivity contribution in [1.82, 2.24) is 19.6 Å². The fraction of sp³-hybridized carbons (Fsp3) is 0.294. The number of benzene rings is 1. The highest BCUT2D eigenvalue weighted by Gasteiger charge is 2.13. The van der Waals surface area contributed by atoms with Crippen LogP contribution in [0, 0.1) is 13.8 Å². The van der Waals surface area contributed by atoms with Gasteiger partial charge in [0, 0.05) is 17.4 Å². The molecule has 130 valence electrons. The molecule has 0 saturated carbocycles. The summed E-state index contributed by atoms with van der Waals surface area (Å²) in [7, 11) is 0. The van der Waals surface area contributed by atoms with Gasteiger partial charge in [0.15, 0.2) is 5.16 Å². The summed E-state index contributed by atoms with van der Waals surface area (Å²) in [5, 5.41) is 11.6. The van der Waals surface area contributed by atoms with Gasteiger partial charge in [0.2, 0.25) is 11.7 Å². The summed E-state index contributed by atoms with van der Waals surface area (Å²) in [5.74, 6) is 0.482. The van der Waals surface area contributed by atoms with Crippen LogP contribution < -0.4 is 10.9 Å². The Balaban J connectivity index is 1.75. The summed E-state index contributed by atoms with van der Waals surface area (Å²) < 4.78 is 1.78. The molecule has 2 N–H and O–H groups in total. The van der Waals surface area contributed by atoms with Crippen molar-refractivity contribution in [3.8, 4) is 0 Å². The third-order valence-electron chi connectivity index (χ3n) is 4.03. The summed E-state index contributed by atoms with van der Waals surface area (Å²) in [5.41, 5.74) is 3.60. The second-order valence-electron chi connectivity index (χ2n) is 5.70. The number of thioether (sulfide) groups is 1. The fourth-order valence-corrected chi connectivity index (χ4v) is 3.29. The van der Waals surface area contributed by atoms with Crippen molar-refractivity contribution in [3.05, 3.63) is 51.4 Å². The molecular weight excluding hydrogens is 338 g/mol. The monoisotopic (exact) mass is 357 g/mol. The highest BCUT2D eigenvalue weighted by atomic mass is 32.2. The number of aromatic amines is 1. The van der Waals surface area contributed by atoms with E-state index in [0.29, 0.717) is 17.4 Å². The summed E-state index contributed by atoms with van der Waals surface area (Å²) in [6.07, 6.45) is 0.667. The number of rotatable bonds is 5. The molecule has 3 rings (SSSR count). The Labute approximate surface area is 148 Å². The maximum atomic E-state index is 12.3. The number of aryl methyl sites for hydroxylation is 2. The quantitative estimate of drug-likeness (QED) is 0.684. The fourth-order valence-electron chi connectivity index (χ4n) is 2.53. The molecule has 1 amide bonds. The number of nitrogens with zero attached hydrogens (tertiary/aromatic N) is 3. The highest BCUT2D eigenvalue weighted by Crippen LogP contribution is 2.20. The van der Waals surface area contributed by atoms with Gasteiger partial charge in [0.05, 0.1) is 5.75 Å². The van der Waals surface area contributed by atoms with Crippen LogP contribution in [0.2, 0.25) is 0 Å². The van der Waals surface area contributed by atoms with Crippen LogP contribution in [-0.2, 0) is 11.2 Å². The Morgan fingerprint density at radius 1 is 1.32 bits per heavy atom. The average molecular weight is 357 g/mol. The first-order valence-electron chi connectivity index (χ1n) is 7.95. The highest BCUT2D eigenvalue weighted by molar-refractivity contribution is 7.99. The molecule has 3 aromatic rings. The molecule has 0 bridgehead atoms. The molecule has 0 aliphatic rings. The number of aromatic nitrogens is 4. The predicted octanol–water partition coefficient (Wildman–Crippen LogP) is 2.33. The zero-order valence-corrected chi connectivity index (χ0v) is 15.1. The second-order valence-corrected chi connectivity index (χ2v) is 6.65. The van der Waals surface area contributed by atoms with Gasteiger partial charge in [-0.05, 0) is 37.5 Å².